The van der Waals surface area contributed by atoms with Crippen molar-refractivity contribution in [2.24, 2.45) is 5.73 Å². The van der Waals surface area contributed by atoms with Crippen molar-refractivity contribution in [2.75, 3.05) is 0 Å². The number of carboxylic acids is 2. The van der Waals surface area contributed by atoms with E-state index in [4.69, 9.17) is 15.9 Å². The van der Waals surface area contributed by atoms with Gasteiger partial charge in [-0.15, -0.1) is 24.8 Å². The van der Waals surface area contributed by atoms with E-state index in [1.165, 1.54) is 0 Å². The highest BCUT2D eigenvalue weighted by atomic mass is 127. The highest BCUT2D eigenvalue weighted by Gasteiger charge is 2.29. The van der Waals surface area contributed by atoms with Crippen LogP contribution in [0.4, 0.5) is 0 Å². The van der Waals surface area contributed by atoms with Crippen molar-refractivity contribution in [3.63, 3.8) is 0 Å². The molecule has 112 valence electrons. The summed E-state index contributed by atoms with van der Waals surface area (Å²) in [5, 5.41) is 18.2. The lowest BCUT2D eigenvalue weighted by Gasteiger charge is -2.13. The lowest BCUT2D eigenvalue weighted by Crippen LogP contribution is -2.22. The summed E-state index contributed by atoms with van der Waals surface area (Å²) in [6.07, 6.45) is 0. The largest absolute Gasteiger partial charge is 0.478 e. The monoisotopic (exact) mass is 659 g/mol. The van der Waals surface area contributed by atoms with E-state index in [1.807, 2.05) is 0 Å². The van der Waals surface area contributed by atoms with Crippen molar-refractivity contribution in [3.05, 3.63) is 27.4 Å². The van der Waals surface area contributed by atoms with Crippen LogP contribution in [-0.4, -0.2) is 28.1 Å². The SMILES string of the molecule is Cl.Cl.NC(=O)c1c(I)c(C(=O)O)c(I)c(C(=O)O)c1I. The standard InChI is InChI=1S/C9H4I3NO5.2ClH/c10-4-1(7(13)14)5(11)3(9(17)18)6(12)2(4)8(15)16;;/h(H2,13,14)(H,15,16)(H,17,18);2*1H. The fraction of sp³-hybridized carbons (Fsp3) is 0. The molecule has 0 fully saturated rings. The first kappa shape index (κ1) is 22.7. The molecule has 0 aliphatic heterocycles. The van der Waals surface area contributed by atoms with Gasteiger partial charge in [0.1, 0.15) is 0 Å². The summed E-state index contributed by atoms with van der Waals surface area (Å²) < 4.78 is 0.365. The third-order valence-corrected chi connectivity index (χ3v) is 5.23. The van der Waals surface area contributed by atoms with Crippen LogP contribution in [0.5, 0.6) is 0 Å². The van der Waals surface area contributed by atoms with Gasteiger partial charge in [-0.2, -0.15) is 0 Å². The van der Waals surface area contributed by atoms with Gasteiger partial charge in [0.05, 0.1) is 16.7 Å². The quantitative estimate of drug-likeness (QED) is 0.432. The molecule has 0 bridgehead atoms. The number of carbonyl (C=O) groups excluding carboxylic acids is 1. The van der Waals surface area contributed by atoms with Crippen molar-refractivity contribution in [3.8, 4) is 0 Å². The minimum Gasteiger partial charge on any atom is -0.478 e. The van der Waals surface area contributed by atoms with E-state index in [-0.39, 0.29) is 52.2 Å². The fourth-order valence-electron chi connectivity index (χ4n) is 1.26. The van der Waals surface area contributed by atoms with E-state index < -0.39 is 17.8 Å². The second kappa shape index (κ2) is 8.75. The highest BCUT2D eigenvalue weighted by molar-refractivity contribution is 14.1. The maximum Gasteiger partial charge on any atom is 0.337 e. The van der Waals surface area contributed by atoms with Gasteiger partial charge in [0, 0.05) is 10.7 Å². The molecule has 0 unspecified atom stereocenters. The van der Waals surface area contributed by atoms with Crippen LogP contribution in [0, 0.1) is 10.7 Å². The van der Waals surface area contributed by atoms with Gasteiger partial charge in [0.15, 0.2) is 0 Å². The van der Waals surface area contributed by atoms with Crippen molar-refractivity contribution in [1.82, 2.24) is 0 Å². The van der Waals surface area contributed by atoms with Crippen molar-refractivity contribution in [2.45, 2.75) is 0 Å². The Bertz CT molecular complexity index is 491. The molecule has 11 heteroatoms. The Kier molecular flexibility index (Phi) is 9.92. The highest BCUT2D eigenvalue weighted by Crippen LogP contribution is 2.31. The topological polar surface area (TPSA) is 118 Å². The van der Waals surface area contributed by atoms with Crippen LogP contribution in [0.3, 0.4) is 0 Å². The first-order valence-electron chi connectivity index (χ1n) is 4.17. The number of benzene rings is 1. The van der Waals surface area contributed by atoms with E-state index >= 15 is 0 Å². The molecular formula is C9H6Cl2I3NO5. The molecule has 4 N–H and O–H groups in total. The van der Waals surface area contributed by atoms with Crippen LogP contribution in [0.2, 0.25) is 0 Å². The summed E-state index contributed by atoms with van der Waals surface area (Å²) in [6, 6.07) is 0. The van der Waals surface area contributed by atoms with E-state index in [2.05, 4.69) is 0 Å². The Morgan fingerprint density at radius 2 is 1.00 bits per heavy atom. The van der Waals surface area contributed by atoms with Gasteiger partial charge in [-0.05, 0) is 67.8 Å². The Hall–Kier alpha value is 0.400. The number of nitrogens with two attached hydrogens (primary N) is 1. The molecule has 0 aromatic heterocycles. The number of hydrogen-bond donors (Lipinski definition) is 3. The molecule has 0 spiro atoms. The van der Waals surface area contributed by atoms with Crippen LogP contribution in [0.15, 0.2) is 0 Å². The maximum absolute atomic E-state index is 11.3. The van der Waals surface area contributed by atoms with Gasteiger partial charge in [-0.25, -0.2) is 9.59 Å². The van der Waals surface area contributed by atoms with Crippen LogP contribution >= 0.6 is 92.6 Å². The minimum absolute atomic E-state index is 0. The van der Waals surface area contributed by atoms with Crippen molar-refractivity contribution >= 4 is 110 Å². The van der Waals surface area contributed by atoms with E-state index in [9.17, 15) is 14.4 Å². The second-order valence-electron chi connectivity index (χ2n) is 3.04. The molecule has 0 atom stereocenters. The number of hydrogen-bond acceptors (Lipinski definition) is 3. The van der Waals surface area contributed by atoms with Crippen molar-refractivity contribution in [1.29, 1.82) is 0 Å². The third-order valence-electron chi connectivity index (χ3n) is 1.99. The van der Waals surface area contributed by atoms with E-state index in [0.717, 1.165) is 0 Å². The Morgan fingerprint density at radius 3 is 1.20 bits per heavy atom. The van der Waals surface area contributed by atoms with E-state index in [1.54, 1.807) is 67.8 Å². The average Bonchev–Trinajstić information content (AvgIpc) is 2.14. The minimum atomic E-state index is -1.30. The average molecular weight is 660 g/mol. The molecule has 0 saturated heterocycles. The summed E-state index contributed by atoms with van der Waals surface area (Å²) in [6.45, 7) is 0. The second-order valence-corrected chi connectivity index (χ2v) is 6.28. The summed E-state index contributed by atoms with van der Waals surface area (Å²) in [5.41, 5.74) is 4.65. The zero-order valence-corrected chi connectivity index (χ0v) is 17.3. The third kappa shape index (κ3) is 4.20. The summed E-state index contributed by atoms with van der Waals surface area (Å²) in [5.74, 6) is -3.46. The van der Waals surface area contributed by atoms with Gasteiger partial charge in [0.2, 0.25) is 0 Å². The van der Waals surface area contributed by atoms with Gasteiger partial charge < -0.3 is 15.9 Å². The molecule has 0 saturated carbocycles. The normalized spacial score (nSPS) is 9.15. The molecule has 0 aliphatic carbocycles. The number of rotatable bonds is 3. The molecule has 1 amide bonds. The van der Waals surface area contributed by atoms with Crippen LogP contribution in [-0.2, 0) is 0 Å². The first-order chi connectivity index (χ1) is 8.20. The van der Waals surface area contributed by atoms with Gasteiger partial charge in [0.25, 0.3) is 5.91 Å². The summed E-state index contributed by atoms with van der Waals surface area (Å²) >= 11 is 5.00. The number of amides is 1. The molecule has 0 aliphatic rings. The molecular weight excluding hydrogens is 654 g/mol. The molecule has 1 aromatic carbocycles. The molecule has 6 nitrogen and oxygen atoms in total. The molecule has 20 heavy (non-hydrogen) atoms. The first-order valence-corrected chi connectivity index (χ1v) is 7.40. The van der Waals surface area contributed by atoms with Gasteiger partial charge >= 0.3 is 11.9 Å². The molecule has 1 rings (SSSR count). The lowest BCUT2D eigenvalue weighted by atomic mass is 10.1. The van der Waals surface area contributed by atoms with E-state index in [0.29, 0.717) is 0 Å². The smallest absolute Gasteiger partial charge is 0.337 e. The Labute approximate surface area is 166 Å². The summed E-state index contributed by atoms with van der Waals surface area (Å²) in [4.78, 5) is 33.6. The fourth-order valence-corrected chi connectivity index (χ4v) is 5.88. The Balaban J connectivity index is 0. The van der Waals surface area contributed by atoms with Crippen LogP contribution in [0.25, 0.3) is 0 Å². The lowest BCUT2D eigenvalue weighted by molar-refractivity contribution is 0.0694. The Morgan fingerprint density at radius 1 is 0.750 bits per heavy atom. The predicted octanol–water partition coefficient (Wildman–Crippen LogP) is 2.84. The number of halogens is 5. The zero-order chi connectivity index (χ0) is 14.2. The predicted molar refractivity (Wildman–Crippen MR) is 102 cm³/mol. The number of primary amides is 1. The molecule has 1 aromatic rings. The van der Waals surface area contributed by atoms with Crippen LogP contribution in [0.1, 0.15) is 31.1 Å². The molecule has 0 radical (unpaired) electrons. The number of carbonyl (C=O) groups is 3. The number of carboxylic acid groups (broad SMARTS) is 2. The summed E-state index contributed by atoms with van der Waals surface area (Å²) in [7, 11) is 0. The van der Waals surface area contributed by atoms with Gasteiger partial charge in [-0.3, -0.25) is 4.79 Å². The number of aromatic carboxylic acids is 2. The maximum atomic E-state index is 11.3. The molecule has 0 heterocycles. The van der Waals surface area contributed by atoms with Crippen molar-refractivity contribution < 1.29 is 24.6 Å². The van der Waals surface area contributed by atoms with Crippen LogP contribution < -0.4 is 5.73 Å². The zero-order valence-electron chi connectivity index (χ0n) is 9.15. The van der Waals surface area contributed by atoms with Gasteiger partial charge in [-0.1, -0.05) is 0 Å².